The lowest BCUT2D eigenvalue weighted by atomic mass is 10.2. The summed E-state index contributed by atoms with van der Waals surface area (Å²) in [5.74, 6) is -2.55. The fourth-order valence-corrected chi connectivity index (χ4v) is 1.50. The van der Waals surface area contributed by atoms with Gasteiger partial charge in [0, 0.05) is 0 Å². The van der Waals surface area contributed by atoms with E-state index in [1.54, 1.807) is 12.1 Å². The number of methoxy groups -OCH3 is 1. The predicted molar refractivity (Wildman–Crippen MR) is 65.3 cm³/mol. The van der Waals surface area contributed by atoms with Crippen molar-refractivity contribution in [2.75, 3.05) is 12.4 Å². The third kappa shape index (κ3) is 2.39. The number of anilines is 1. The van der Waals surface area contributed by atoms with Gasteiger partial charge in [-0.2, -0.15) is 0 Å². The van der Waals surface area contributed by atoms with E-state index in [2.05, 4.69) is 0 Å². The highest BCUT2D eigenvalue weighted by molar-refractivity contribution is 6.36. The third-order valence-electron chi connectivity index (χ3n) is 2.42. The maximum absolute atomic E-state index is 12.0. The van der Waals surface area contributed by atoms with E-state index in [1.165, 1.54) is 13.2 Å². The average Bonchev–Trinajstić information content (AvgIpc) is 2.41. The Kier molecular flexibility index (Phi) is 3.19. The van der Waals surface area contributed by atoms with Gasteiger partial charge >= 0.3 is 11.9 Å². The summed E-state index contributed by atoms with van der Waals surface area (Å²) in [5.41, 5.74) is -0.484. The van der Waals surface area contributed by atoms with E-state index < -0.39 is 17.3 Å². The van der Waals surface area contributed by atoms with E-state index in [0.717, 1.165) is 6.26 Å². The van der Waals surface area contributed by atoms with Crippen LogP contribution in [0.1, 0.15) is 0 Å². The standard InChI is InChI=1S/C12H9NO6/c1-18-6-2-3-9-7(4-6)10(14)8(5-19-9)13-11(15)12(16)17/h2-5H,1H3,(H,13,15)(H,16,17). The van der Waals surface area contributed by atoms with Gasteiger partial charge in [-0.1, -0.05) is 0 Å². The first kappa shape index (κ1) is 12.6. The second-order valence-corrected chi connectivity index (χ2v) is 3.60. The number of hydrogen-bond donors (Lipinski definition) is 2. The van der Waals surface area contributed by atoms with Gasteiger partial charge in [-0.3, -0.25) is 9.59 Å². The lowest BCUT2D eigenvalue weighted by molar-refractivity contribution is -0.147. The Hall–Kier alpha value is -2.83. The molecule has 1 amide bonds. The van der Waals surface area contributed by atoms with E-state index in [4.69, 9.17) is 14.3 Å². The quantitative estimate of drug-likeness (QED) is 0.777. The van der Waals surface area contributed by atoms with Crippen LogP contribution in [-0.2, 0) is 9.59 Å². The molecule has 19 heavy (non-hydrogen) atoms. The Labute approximate surface area is 106 Å². The van der Waals surface area contributed by atoms with Gasteiger partial charge in [-0.05, 0) is 18.2 Å². The number of fused-ring (bicyclic) bond motifs is 1. The molecule has 0 atom stereocenters. The van der Waals surface area contributed by atoms with Crippen molar-refractivity contribution in [2.45, 2.75) is 0 Å². The summed E-state index contributed by atoms with van der Waals surface area (Å²) in [6, 6.07) is 4.59. The summed E-state index contributed by atoms with van der Waals surface area (Å²) in [6.45, 7) is 0. The molecule has 1 aromatic heterocycles. The van der Waals surface area contributed by atoms with Gasteiger partial charge in [0.2, 0.25) is 5.43 Å². The molecule has 0 radical (unpaired) electrons. The number of carboxylic acids is 1. The normalized spacial score (nSPS) is 10.2. The van der Waals surface area contributed by atoms with Gasteiger partial charge in [0.15, 0.2) is 0 Å². The molecule has 0 spiro atoms. The van der Waals surface area contributed by atoms with E-state index in [-0.39, 0.29) is 11.1 Å². The minimum Gasteiger partial charge on any atom is -0.497 e. The van der Waals surface area contributed by atoms with Crippen LogP contribution < -0.4 is 15.5 Å². The fourth-order valence-electron chi connectivity index (χ4n) is 1.50. The number of carbonyl (C=O) groups is 2. The summed E-state index contributed by atoms with van der Waals surface area (Å²) in [4.78, 5) is 33.5. The largest absolute Gasteiger partial charge is 0.497 e. The molecule has 0 bridgehead atoms. The van der Waals surface area contributed by atoms with Gasteiger partial charge in [-0.25, -0.2) is 4.79 Å². The van der Waals surface area contributed by atoms with Crippen LogP contribution in [0.3, 0.4) is 0 Å². The van der Waals surface area contributed by atoms with Crippen molar-refractivity contribution in [1.82, 2.24) is 0 Å². The number of hydrogen-bond acceptors (Lipinski definition) is 5. The molecule has 0 unspecified atom stereocenters. The Bertz CT molecular complexity index is 718. The highest BCUT2D eigenvalue weighted by atomic mass is 16.5. The average molecular weight is 263 g/mol. The lowest BCUT2D eigenvalue weighted by Crippen LogP contribution is -2.25. The molecule has 0 aliphatic heterocycles. The van der Waals surface area contributed by atoms with Crippen LogP contribution in [0.25, 0.3) is 11.0 Å². The van der Waals surface area contributed by atoms with Gasteiger partial charge in [0.1, 0.15) is 23.3 Å². The van der Waals surface area contributed by atoms with Crippen molar-refractivity contribution in [2.24, 2.45) is 0 Å². The van der Waals surface area contributed by atoms with Crippen molar-refractivity contribution in [3.63, 3.8) is 0 Å². The monoisotopic (exact) mass is 263 g/mol. The first-order valence-electron chi connectivity index (χ1n) is 5.16. The Morgan fingerprint density at radius 2 is 2.11 bits per heavy atom. The van der Waals surface area contributed by atoms with Crippen LogP contribution in [0, 0.1) is 0 Å². The number of aliphatic carboxylic acids is 1. The first-order chi connectivity index (χ1) is 9.02. The summed E-state index contributed by atoms with van der Waals surface area (Å²) in [7, 11) is 1.44. The van der Waals surface area contributed by atoms with Gasteiger partial charge < -0.3 is 19.6 Å². The second kappa shape index (κ2) is 4.81. The SMILES string of the molecule is COc1ccc2occ(NC(=O)C(=O)O)c(=O)c2c1. The molecule has 2 N–H and O–H groups in total. The minimum absolute atomic E-state index is 0.183. The van der Waals surface area contributed by atoms with E-state index in [1.807, 2.05) is 5.32 Å². The molecule has 0 saturated heterocycles. The van der Waals surface area contributed by atoms with E-state index in [0.29, 0.717) is 11.3 Å². The molecule has 2 aromatic rings. The van der Waals surface area contributed by atoms with E-state index in [9.17, 15) is 14.4 Å². The highest BCUT2D eigenvalue weighted by Gasteiger charge is 2.15. The maximum atomic E-state index is 12.0. The Morgan fingerprint density at radius 1 is 1.37 bits per heavy atom. The molecule has 2 rings (SSSR count). The molecule has 0 aliphatic carbocycles. The molecule has 0 aliphatic rings. The zero-order chi connectivity index (χ0) is 14.0. The van der Waals surface area contributed by atoms with Crippen LogP contribution in [-0.4, -0.2) is 24.1 Å². The molecule has 1 aromatic carbocycles. The lowest BCUT2D eigenvalue weighted by Gasteiger charge is -2.04. The van der Waals surface area contributed by atoms with Gasteiger partial charge in [0.25, 0.3) is 0 Å². The molecular formula is C12H9NO6. The predicted octanol–water partition coefficient (Wildman–Crippen LogP) is 0.825. The zero-order valence-electron chi connectivity index (χ0n) is 9.80. The van der Waals surface area contributed by atoms with E-state index >= 15 is 0 Å². The van der Waals surface area contributed by atoms with Crippen molar-refractivity contribution in [3.8, 4) is 5.75 Å². The van der Waals surface area contributed by atoms with Crippen LogP contribution in [0.4, 0.5) is 5.69 Å². The molecular weight excluding hydrogens is 254 g/mol. The number of amides is 1. The smallest absolute Gasteiger partial charge is 0.394 e. The first-order valence-corrected chi connectivity index (χ1v) is 5.16. The summed E-state index contributed by atoms with van der Waals surface area (Å²) >= 11 is 0. The number of benzene rings is 1. The number of carboxylic acid groups (broad SMARTS) is 1. The summed E-state index contributed by atoms with van der Waals surface area (Å²) < 4.78 is 10.1. The minimum atomic E-state index is -1.69. The molecule has 98 valence electrons. The Balaban J connectivity index is 2.53. The molecule has 0 fully saturated rings. The molecule has 7 nitrogen and oxygen atoms in total. The van der Waals surface area contributed by atoms with Crippen molar-refractivity contribution in [1.29, 1.82) is 0 Å². The van der Waals surface area contributed by atoms with Crippen molar-refractivity contribution >= 4 is 28.5 Å². The number of ether oxygens (including phenoxy) is 1. The third-order valence-corrected chi connectivity index (χ3v) is 2.42. The van der Waals surface area contributed by atoms with Crippen LogP contribution in [0.5, 0.6) is 5.75 Å². The number of nitrogens with one attached hydrogen (secondary N) is 1. The Morgan fingerprint density at radius 3 is 2.74 bits per heavy atom. The fraction of sp³-hybridized carbons (Fsp3) is 0.0833. The second-order valence-electron chi connectivity index (χ2n) is 3.60. The highest BCUT2D eigenvalue weighted by Crippen LogP contribution is 2.19. The van der Waals surface area contributed by atoms with Crippen molar-refractivity contribution < 1.29 is 23.8 Å². The molecule has 0 saturated carbocycles. The van der Waals surface area contributed by atoms with Crippen LogP contribution in [0.2, 0.25) is 0 Å². The van der Waals surface area contributed by atoms with Crippen LogP contribution in [0.15, 0.2) is 33.7 Å². The van der Waals surface area contributed by atoms with Crippen LogP contribution >= 0.6 is 0 Å². The number of carbonyl (C=O) groups excluding carboxylic acids is 1. The van der Waals surface area contributed by atoms with Crippen molar-refractivity contribution in [3.05, 3.63) is 34.7 Å². The number of rotatable bonds is 2. The maximum Gasteiger partial charge on any atom is 0.394 e. The topological polar surface area (TPSA) is 106 Å². The van der Waals surface area contributed by atoms with Gasteiger partial charge in [-0.15, -0.1) is 0 Å². The molecule has 1 heterocycles. The van der Waals surface area contributed by atoms with Gasteiger partial charge in [0.05, 0.1) is 12.5 Å². The molecule has 7 heteroatoms. The summed E-state index contributed by atoms with van der Waals surface area (Å²) in [6.07, 6.45) is 0.998. The summed E-state index contributed by atoms with van der Waals surface area (Å²) in [5, 5.41) is 10.6. The zero-order valence-corrected chi connectivity index (χ0v) is 9.80.